The van der Waals surface area contributed by atoms with Crippen LogP contribution >= 0.6 is 35.6 Å². The molecule has 0 bridgehead atoms. The Bertz CT molecular complexity index is 958. The van der Waals surface area contributed by atoms with E-state index >= 15 is 0 Å². The van der Waals surface area contributed by atoms with Crippen LogP contribution in [0.5, 0.6) is 0 Å². The largest absolute Gasteiger partial charge is 0.286 e. The Hall–Kier alpha value is -2.55. The molecule has 0 atom stereocenters. The highest BCUT2D eigenvalue weighted by molar-refractivity contribution is 8.26. The van der Waals surface area contributed by atoms with E-state index < -0.39 is 4.92 Å². The number of nitro groups is 1. The number of non-ortho nitro benzene ring substituents is 1. The lowest BCUT2D eigenvalue weighted by molar-refractivity contribution is -0.384. The normalized spacial score (nSPS) is 16.0. The third-order valence-corrected chi connectivity index (χ3v) is 4.88. The maximum atomic E-state index is 12.5. The number of rotatable bonds is 4. The van der Waals surface area contributed by atoms with Gasteiger partial charge in [-0.3, -0.25) is 14.9 Å². The molecule has 2 aromatic carbocycles. The van der Waals surface area contributed by atoms with Crippen LogP contribution in [-0.2, 0) is 4.79 Å². The van der Waals surface area contributed by atoms with Crippen molar-refractivity contribution in [2.24, 2.45) is 5.10 Å². The van der Waals surface area contributed by atoms with Gasteiger partial charge in [0, 0.05) is 17.2 Å². The van der Waals surface area contributed by atoms with Crippen LogP contribution in [0.2, 0.25) is 5.02 Å². The van der Waals surface area contributed by atoms with Gasteiger partial charge in [-0.15, -0.1) is 0 Å². The van der Waals surface area contributed by atoms with Gasteiger partial charge in [0.1, 0.15) is 0 Å². The van der Waals surface area contributed by atoms with Gasteiger partial charge in [-0.25, -0.2) is 0 Å². The maximum Gasteiger partial charge on any atom is 0.286 e. The number of carbonyl (C=O) groups excluding carboxylic acids is 1. The van der Waals surface area contributed by atoms with Crippen molar-refractivity contribution in [2.75, 3.05) is 0 Å². The molecule has 0 saturated carbocycles. The van der Waals surface area contributed by atoms with E-state index in [1.54, 1.807) is 42.5 Å². The zero-order valence-corrected chi connectivity index (χ0v) is 15.4. The number of nitrogens with zero attached hydrogens (tertiary/aromatic N) is 3. The fourth-order valence-corrected chi connectivity index (χ4v) is 3.41. The standard InChI is InChI=1S/C17H10ClN3O3S2/c18-13-6-4-11(5-7-13)10-19-20-16(22)15(26-17(20)25)9-12-2-1-3-14(8-12)21(23)24/h1-10H/b15-9+,19-10+. The van der Waals surface area contributed by atoms with Crippen molar-refractivity contribution in [1.82, 2.24) is 5.01 Å². The predicted octanol–water partition coefficient (Wildman–Crippen LogP) is 4.48. The summed E-state index contributed by atoms with van der Waals surface area (Å²) in [7, 11) is 0. The summed E-state index contributed by atoms with van der Waals surface area (Å²) >= 11 is 12.1. The first-order valence-corrected chi connectivity index (χ1v) is 8.86. The highest BCUT2D eigenvalue weighted by Crippen LogP contribution is 2.33. The maximum absolute atomic E-state index is 12.5. The molecule has 1 saturated heterocycles. The summed E-state index contributed by atoms with van der Waals surface area (Å²) in [6.07, 6.45) is 3.07. The van der Waals surface area contributed by atoms with E-state index in [4.69, 9.17) is 23.8 Å². The second kappa shape index (κ2) is 7.77. The van der Waals surface area contributed by atoms with Crippen molar-refractivity contribution in [2.45, 2.75) is 0 Å². The smallest absolute Gasteiger partial charge is 0.266 e. The summed E-state index contributed by atoms with van der Waals surface area (Å²) < 4.78 is 0.289. The molecule has 0 spiro atoms. The van der Waals surface area contributed by atoms with Gasteiger partial charge in [-0.2, -0.15) is 10.1 Å². The third-order valence-electron chi connectivity index (χ3n) is 3.34. The molecule has 130 valence electrons. The van der Waals surface area contributed by atoms with Crippen molar-refractivity contribution in [3.63, 3.8) is 0 Å². The van der Waals surface area contributed by atoms with Gasteiger partial charge in [0.05, 0.1) is 16.0 Å². The number of hydrogen-bond acceptors (Lipinski definition) is 6. The second-order valence-electron chi connectivity index (χ2n) is 5.14. The summed E-state index contributed by atoms with van der Waals surface area (Å²) in [6.45, 7) is 0. The van der Waals surface area contributed by atoms with E-state index in [1.165, 1.54) is 18.3 Å². The minimum atomic E-state index is -0.487. The zero-order valence-electron chi connectivity index (χ0n) is 13.0. The fraction of sp³-hybridized carbons (Fsp3) is 0. The molecule has 3 rings (SSSR count). The third kappa shape index (κ3) is 4.16. The number of benzene rings is 2. The number of thioether (sulfide) groups is 1. The van der Waals surface area contributed by atoms with E-state index in [2.05, 4.69) is 5.10 Å². The molecule has 6 nitrogen and oxygen atoms in total. The molecular formula is C17H10ClN3O3S2. The van der Waals surface area contributed by atoms with Crippen LogP contribution in [0.3, 0.4) is 0 Å². The number of hydrogen-bond donors (Lipinski definition) is 0. The minimum absolute atomic E-state index is 0.0463. The van der Waals surface area contributed by atoms with Crippen molar-refractivity contribution < 1.29 is 9.72 Å². The Balaban J connectivity index is 1.81. The Labute approximate surface area is 163 Å². The lowest BCUT2D eigenvalue weighted by Gasteiger charge is -2.06. The SMILES string of the molecule is O=C1/C(=C\c2cccc([N+](=O)[O-])c2)SC(=S)N1/N=C/c1ccc(Cl)cc1. The van der Waals surface area contributed by atoms with E-state index in [9.17, 15) is 14.9 Å². The van der Waals surface area contributed by atoms with Gasteiger partial charge >= 0.3 is 0 Å². The van der Waals surface area contributed by atoms with E-state index in [-0.39, 0.29) is 15.9 Å². The average molecular weight is 404 g/mol. The number of thiocarbonyl (C=S) groups is 1. The lowest BCUT2D eigenvalue weighted by atomic mass is 10.2. The Morgan fingerprint density at radius 3 is 2.62 bits per heavy atom. The number of carbonyl (C=O) groups is 1. The molecule has 0 aromatic heterocycles. The first-order chi connectivity index (χ1) is 12.4. The van der Waals surface area contributed by atoms with Crippen LogP contribution in [0.15, 0.2) is 58.5 Å². The summed E-state index contributed by atoms with van der Waals surface area (Å²) in [5.41, 5.74) is 1.27. The average Bonchev–Trinajstić information content (AvgIpc) is 2.88. The van der Waals surface area contributed by atoms with Crippen molar-refractivity contribution in [3.8, 4) is 0 Å². The first-order valence-electron chi connectivity index (χ1n) is 7.26. The highest BCUT2D eigenvalue weighted by atomic mass is 35.5. The van der Waals surface area contributed by atoms with Crippen LogP contribution in [0, 0.1) is 10.1 Å². The van der Waals surface area contributed by atoms with E-state index in [0.717, 1.165) is 22.3 Å². The number of halogens is 1. The molecule has 0 N–H and O–H groups in total. The zero-order chi connectivity index (χ0) is 18.7. The highest BCUT2D eigenvalue weighted by Gasteiger charge is 2.32. The predicted molar refractivity (Wildman–Crippen MR) is 107 cm³/mol. The summed E-state index contributed by atoms with van der Waals surface area (Å²) in [5.74, 6) is -0.378. The van der Waals surface area contributed by atoms with E-state index in [0.29, 0.717) is 15.5 Å². The van der Waals surface area contributed by atoms with Gasteiger partial charge in [-0.1, -0.05) is 47.6 Å². The molecule has 1 heterocycles. The Morgan fingerprint density at radius 2 is 1.92 bits per heavy atom. The number of nitro benzene ring substituents is 1. The quantitative estimate of drug-likeness (QED) is 0.247. The van der Waals surface area contributed by atoms with Gasteiger partial charge in [0.2, 0.25) is 0 Å². The summed E-state index contributed by atoms with van der Waals surface area (Å²) in [6, 6.07) is 13.0. The fourth-order valence-electron chi connectivity index (χ4n) is 2.11. The van der Waals surface area contributed by atoms with Crippen LogP contribution in [0.25, 0.3) is 6.08 Å². The van der Waals surface area contributed by atoms with Crippen molar-refractivity contribution in [3.05, 3.63) is 79.7 Å². The molecule has 1 amide bonds. The van der Waals surface area contributed by atoms with Gasteiger partial charge in [0.15, 0.2) is 4.32 Å². The van der Waals surface area contributed by atoms with Crippen LogP contribution < -0.4 is 0 Å². The molecule has 1 fully saturated rings. The molecule has 0 aliphatic carbocycles. The van der Waals surface area contributed by atoms with Crippen molar-refractivity contribution in [1.29, 1.82) is 0 Å². The molecular weight excluding hydrogens is 394 g/mol. The Kier molecular flexibility index (Phi) is 5.46. The van der Waals surface area contributed by atoms with Crippen LogP contribution in [0.4, 0.5) is 5.69 Å². The summed E-state index contributed by atoms with van der Waals surface area (Å²) in [4.78, 5) is 23.2. The minimum Gasteiger partial charge on any atom is -0.266 e. The topological polar surface area (TPSA) is 75.8 Å². The molecule has 1 aliphatic heterocycles. The Morgan fingerprint density at radius 1 is 1.19 bits per heavy atom. The second-order valence-corrected chi connectivity index (χ2v) is 7.25. The monoisotopic (exact) mass is 403 g/mol. The van der Waals surface area contributed by atoms with Crippen molar-refractivity contribution >= 4 is 63.8 Å². The molecule has 9 heteroatoms. The van der Waals surface area contributed by atoms with Gasteiger partial charge in [0.25, 0.3) is 11.6 Å². The number of hydrazone groups is 1. The molecule has 2 aromatic rings. The molecule has 0 unspecified atom stereocenters. The molecule has 0 radical (unpaired) electrons. The lowest BCUT2D eigenvalue weighted by Crippen LogP contribution is -2.22. The van der Waals surface area contributed by atoms with E-state index in [1.807, 2.05) is 0 Å². The summed E-state index contributed by atoms with van der Waals surface area (Å²) in [5, 5.41) is 16.7. The van der Waals surface area contributed by atoms with Crippen LogP contribution in [-0.4, -0.2) is 26.4 Å². The van der Waals surface area contributed by atoms with Gasteiger partial charge < -0.3 is 0 Å². The number of amides is 1. The van der Waals surface area contributed by atoms with Crippen LogP contribution in [0.1, 0.15) is 11.1 Å². The molecule has 26 heavy (non-hydrogen) atoms. The molecule has 1 aliphatic rings. The first kappa shape index (κ1) is 18.2. The van der Waals surface area contributed by atoms with Gasteiger partial charge in [-0.05, 0) is 41.6 Å².